The number of hydrogen-bond acceptors (Lipinski definition) is 5. The number of nitrogens with zero attached hydrogens (tertiary/aromatic N) is 4. The fourth-order valence-electron chi connectivity index (χ4n) is 2.31. The third-order valence-corrected chi connectivity index (χ3v) is 3.48. The number of rotatable bonds is 4. The minimum absolute atomic E-state index is 0.147. The van der Waals surface area contributed by atoms with Gasteiger partial charge in [0, 0.05) is 18.0 Å². The number of benzene rings is 1. The van der Waals surface area contributed by atoms with Crippen LogP contribution in [0.5, 0.6) is 0 Å². The van der Waals surface area contributed by atoms with Crippen LogP contribution < -0.4 is 5.32 Å². The van der Waals surface area contributed by atoms with Gasteiger partial charge in [-0.1, -0.05) is 18.2 Å². The van der Waals surface area contributed by atoms with Crippen molar-refractivity contribution in [3.8, 4) is 0 Å². The molecule has 0 aliphatic rings. The molecule has 0 aliphatic carbocycles. The maximum Gasteiger partial charge on any atom is 0.257 e. The lowest BCUT2D eigenvalue weighted by atomic mass is 10.2. The van der Waals surface area contributed by atoms with Crippen LogP contribution in [0, 0.1) is 0 Å². The highest BCUT2D eigenvalue weighted by molar-refractivity contribution is 6.04. The van der Waals surface area contributed by atoms with Gasteiger partial charge in [-0.3, -0.25) is 14.9 Å². The molecule has 0 fully saturated rings. The summed E-state index contributed by atoms with van der Waals surface area (Å²) in [5.74, 6) is -0.747. The summed E-state index contributed by atoms with van der Waals surface area (Å²) in [6, 6.07) is 8.45. The van der Waals surface area contributed by atoms with E-state index in [4.69, 9.17) is 0 Å². The molecule has 1 unspecified atom stereocenters. The zero-order valence-electron chi connectivity index (χ0n) is 12.5. The SMILES string of the molecule is CC(CC(=O)NC(=O)c1ccccc1)n1cnc2cncnc21. The number of aromatic nitrogens is 4. The highest BCUT2D eigenvalue weighted by Gasteiger charge is 2.16. The van der Waals surface area contributed by atoms with Crippen molar-refractivity contribution < 1.29 is 9.59 Å². The second-order valence-corrected chi connectivity index (χ2v) is 5.18. The highest BCUT2D eigenvalue weighted by atomic mass is 16.2. The zero-order chi connectivity index (χ0) is 16.2. The van der Waals surface area contributed by atoms with Crippen molar-refractivity contribution in [2.24, 2.45) is 0 Å². The van der Waals surface area contributed by atoms with Crippen LogP contribution in [0.3, 0.4) is 0 Å². The van der Waals surface area contributed by atoms with Gasteiger partial charge in [-0.15, -0.1) is 0 Å². The Balaban J connectivity index is 1.67. The minimum atomic E-state index is -0.402. The summed E-state index contributed by atoms with van der Waals surface area (Å²) >= 11 is 0. The Morgan fingerprint density at radius 2 is 2.00 bits per heavy atom. The lowest BCUT2D eigenvalue weighted by molar-refractivity contribution is -0.120. The van der Waals surface area contributed by atoms with E-state index < -0.39 is 5.91 Å². The van der Waals surface area contributed by atoms with Crippen molar-refractivity contribution in [2.45, 2.75) is 19.4 Å². The molecule has 0 aliphatic heterocycles. The summed E-state index contributed by atoms with van der Waals surface area (Å²) in [7, 11) is 0. The van der Waals surface area contributed by atoms with Crippen molar-refractivity contribution in [3.05, 3.63) is 54.7 Å². The number of amides is 2. The third kappa shape index (κ3) is 3.23. The molecule has 0 radical (unpaired) electrons. The van der Waals surface area contributed by atoms with Crippen LogP contribution in [0.2, 0.25) is 0 Å². The van der Waals surface area contributed by atoms with Crippen LogP contribution in [0.4, 0.5) is 0 Å². The molecule has 0 saturated carbocycles. The van der Waals surface area contributed by atoms with E-state index in [0.717, 1.165) is 0 Å². The van der Waals surface area contributed by atoms with Crippen LogP contribution in [-0.4, -0.2) is 31.3 Å². The quantitative estimate of drug-likeness (QED) is 0.792. The second-order valence-electron chi connectivity index (χ2n) is 5.18. The van der Waals surface area contributed by atoms with E-state index in [2.05, 4.69) is 20.3 Å². The predicted molar refractivity (Wildman–Crippen MR) is 83.6 cm³/mol. The average molecular weight is 309 g/mol. The Labute approximate surface area is 132 Å². The van der Waals surface area contributed by atoms with Gasteiger partial charge in [0.25, 0.3) is 5.91 Å². The predicted octanol–water partition coefficient (Wildman–Crippen LogP) is 1.73. The smallest absolute Gasteiger partial charge is 0.257 e. The normalized spacial score (nSPS) is 12.0. The maximum absolute atomic E-state index is 12.1. The van der Waals surface area contributed by atoms with Gasteiger partial charge < -0.3 is 4.57 Å². The van der Waals surface area contributed by atoms with E-state index in [1.165, 1.54) is 6.33 Å². The summed E-state index contributed by atoms with van der Waals surface area (Å²) in [4.78, 5) is 36.3. The number of nitrogens with one attached hydrogen (secondary N) is 1. The van der Waals surface area contributed by atoms with Gasteiger partial charge >= 0.3 is 0 Å². The Morgan fingerprint density at radius 3 is 2.78 bits per heavy atom. The van der Waals surface area contributed by atoms with E-state index in [9.17, 15) is 9.59 Å². The van der Waals surface area contributed by atoms with Gasteiger partial charge in [-0.2, -0.15) is 0 Å². The number of imide groups is 1. The van der Waals surface area contributed by atoms with E-state index in [0.29, 0.717) is 16.7 Å². The Kier molecular flexibility index (Phi) is 4.09. The molecule has 3 rings (SSSR count). The summed E-state index contributed by atoms with van der Waals surface area (Å²) < 4.78 is 1.80. The number of carbonyl (C=O) groups is 2. The minimum Gasteiger partial charge on any atom is -0.312 e. The van der Waals surface area contributed by atoms with Gasteiger partial charge in [-0.25, -0.2) is 15.0 Å². The molecule has 1 aromatic carbocycles. The van der Waals surface area contributed by atoms with E-state index in [1.54, 1.807) is 41.4 Å². The number of fused-ring (bicyclic) bond motifs is 1. The zero-order valence-corrected chi connectivity index (χ0v) is 12.5. The number of hydrogen-bond donors (Lipinski definition) is 1. The molecule has 1 N–H and O–H groups in total. The summed E-state index contributed by atoms with van der Waals surface area (Å²) in [5.41, 5.74) is 1.78. The van der Waals surface area contributed by atoms with Gasteiger partial charge in [-0.05, 0) is 19.1 Å². The summed E-state index contributed by atoms with van der Waals surface area (Å²) in [5, 5.41) is 2.39. The Morgan fingerprint density at radius 1 is 1.22 bits per heavy atom. The molecular weight excluding hydrogens is 294 g/mol. The van der Waals surface area contributed by atoms with Crippen molar-refractivity contribution in [2.75, 3.05) is 0 Å². The first kappa shape index (κ1) is 14.8. The monoisotopic (exact) mass is 309 g/mol. The number of carbonyl (C=O) groups excluding carboxylic acids is 2. The third-order valence-electron chi connectivity index (χ3n) is 3.48. The van der Waals surface area contributed by atoms with Gasteiger partial charge in [0.05, 0.1) is 12.5 Å². The molecular formula is C16H15N5O2. The average Bonchev–Trinajstić information content (AvgIpc) is 2.99. The van der Waals surface area contributed by atoms with Crippen molar-refractivity contribution in [1.29, 1.82) is 0 Å². The Bertz CT molecular complexity index is 844. The highest BCUT2D eigenvalue weighted by Crippen LogP contribution is 2.17. The molecule has 0 saturated heterocycles. The fourth-order valence-corrected chi connectivity index (χ4v) is 2.31. The molecule has 116 valence electrons. The first-order chi connectivity index (χ1) is 11.1. The topological polar surface area (TPSA) is 89.8 Å². The lowest BCUT2D eigenvalue weighted by Crippen LogP contribution is -2.31. The molecule has 0 bridgehead atoms. The molecule has 23 heavy (non-hydrogen) atoms. The van der Waals surface area contributed by atoms with E-state index in [1.807, 2.05) is 13.0 Å². The second kappa shape index (κ2) is 6.35. The maximum atomic E-state index is 12.1. The number of imidazole rings is 1. The first-order valence-corrected chi connectivity index (χ1v) is 7.17. The molecule has 2 heterocycles. The van der Waals surface area contributed by atoms with Crippen LogP contribution in [0.15, 0.2) is 49.2 Å². The van der Waals surface area contributed by atoms with Crippen molar-refractivity contribution >= 4 is 23.0 Å². The van der Waals surface area contributed by atoms with Crippen molar-refractivity contribution in [3.63, 3.8) is 0 Å². The van der Waals surface area contributed by atoms with Crippen LogP contribution in [0.25, 0.3) is 11.2 Å². The van der Waals surface area contributed by atoms with E-state index >= 15 is 0 Å². The van der Waals surface area contributed by atoms with Crippen LogP contribution >= 0.6 is 0 Å². The van der Waals surface area contributed by atoms with Gasteiger partial charge in [0.1, 0.15) is 11.8 Å². The fraction of sp³-hybridized carbons (Fsp3) is 0.188. The van der Waals surface area contributed by atoms with Crippen LogP contribution in [0.1, 0.15) is 29.7 Å². The van der Waals surface area contributed by atoms with Gasteiger partial charge in [0.15, 0.2) is 5.65 Å². The molecule has 2 amide bonds. The van der Waals surface area contributed by atoms with Gasteiger partial charge in [0.2, 0.25) is 5.91 Å². The molecule has 2 aromatic heterocycles. The standard InChI is InChI=1S/C16H15N5O2/c1-11(21-10-19-13-8-17-9-18-15(13)21)7-14(22)20-16(23)12-5-3-2-4-6-12/h2-6,8-11H,7H2,1H3,(H,20,22,23). The molecule has 0 spiro atoms. The molecule has 3 aromatic rings. The molecule has 1 atom stereocenters. The summed E-state index contributed by atoms with van der Waals surface area (Å²) in [6.07, 6.45) is 4.82. The molecule has 7 nitrogen and oxygen atoms in total. The van der Waals surface area contributed by atoms with Crippen molar-refractivity contribution in [1.82, 2.24) is 24.8 Å². The lowest BCUT2D eigenvalue weighted by Gasteiger charge is -2.13. The van der Waals surface area contributed by atoms with E-state index in [-0.39, 0.29) is 18.4 Å². The largest absolute Gasteiger partial charge is 0.312 e. The summed E-state index contributed by atoms with van der Waals surface area (Å²) in [6.45, 7) is 1.87. The van der Waals surface area contributed by atoms with Crippen LogP contribution in [-0.2, 0) is 4.79 Å². The first-order valence-electron chi connectivity index (χ1n) is 7.17. The Hall–Kier alpha value is -3.09. The molecule has 7 heteroatoms.